The zero-order chi connectivity index (χ0) is 22.5. The van der Waals surface area contributed by atoms with Gasteiger partial charge in [0.25, 0.3) is 0 Å². The summed E-state index contributed by atoms with van der Waals surface area (Å²) in [6.07, 6.45) is 0. The van der Waals surface area contributed by atoms with Crippen LogP contribution in [-0.2, 0) is 4.74 Å². The third-order valence-corrected chi connectivity index (χ3v) is 4.99. The Morgan fingerprint density at radius 2 is 1.69 bits per heavy atom. The Morgan fingerprint density at radius 3 is 2.44 bits per heavy atom. The number of esters is 1. The molecule has 1 aliphatic rings. The topological polar surface area (TPSA) is 48.7 Å². The molecular formula is C26H16F2O4. The minimum Gasteiger partial charge on any atom is -0.455 e. The number of hydrogen-bond acceptors (Lipinski definition) is 4. The lowest BCUT2D eigenvalue weighted by molar-refractivity contribution is -0.127. The number of carbonyl (C=O) groups excluding carboxylic acids is 1. The average Bonchev–Trinajstić information content (AvgIpc) is 3.09. The van der Waals surface area contributed by atoms with E-state index in [2.05, 4.69) is 11.8 Å². The maximum atomic E-state index is 14.1. The molecule has 3 aromatic carbocycles. The molecule has 4 aromatic rings. The summed E-state index contributed by atoms with van der Waals surface area (Å²) in [7, 11) is 0. The highest BCUT2D eigenvalue weighted by Gasteiger charge is 2.35. The lowest BCUT2D eigenvalue weighted by Gasteiger charge is -2.31. The maximum Gasteiger partial charge on any atom is 0.345 e. The standard InChI is InChI=1S/C26H16F2O4/c1-26(2)31-23-14-22-19(13-20(23)25(29)32-26)18(24(30-22)16-6-4-3-5-7-16)11-9-15-8-10-17(27)12-21(15)28/h3-8,10,12-14H,1-2H3. The van der Waals surface area contributed by atoms with Gasteiger partial charge < -0.3 is 13.9 Å². The van der Waals surface area contributed by atoms with Crippen LogP contribution in [0.1, 0.15) is 35.3 Å². The van der Waals surface area contributed by atoms with E-state index in [0.717, 1.165) is 17.7 Å². The van der Waals surface area contributed by atoms with Gasteiger partial charge in [-0.25, -0.2) is 13.6 Å². The van der Waals surface area contributed by atoms with E-state index in [-0.39, 0.29) is 11.1 Å². The number of furan rings is 1. The van der Waals surface area contributed by atoms with Crippen LogP contribution in [0.2, 0.25) is 0 Å². The highest BCUT2D eigenvalue weighted by molar-refractivity contribution is 6.01. The van der Waals surface area contributed by atoms with Gasteiger partial charge in [-0.1, -0.05) is 42.2 Å². The summed E-state index contributed by atoms with van der Waals surface area (Å²) in [4.78, 5) is 12.5. The van der Waals surface area contributed by atoms with Crippen LogP contribution in [0.25, 0.3) is 22.3 Å². The summed E-state index contributed by atoms with van der Waals surface area (Å²) in [5, 5.41) is 0.554. The molecule has 4 nitrogen and oxygen atoms in total. The van der Waals surface area contributed by atoms with Crippen LogP contribution in [0, 0.1) is 23.5 Å². The summed E-state index contributed by atoms with van der Waals surface area (Å²) >= 11 is 0. The molecule has 0 atom stereocenters. The molecule has 0 fully saturated rings. The zero-order valence-electron chi connectivity index (χ0n) is 17.2. The van der Waals surface area contributed by atoms with Crippen molar-refractivity contribution < 1.29 is 27.5 Å². The van der Waals surface area contributed by atoms with Crippen LogP contribution in [0.3, 0.4) is 0 Å². The van der Waals surface area contributed by atoms with E-state index >= 15 is 0 Å². The van der Waals surface area contributed by atoms with Crippen molar-refractivity contribution in [3.05, 3.63) is 89.0 Å². The van der Waals surface area contributed by atoms with Crippen molar-refractivity contribution >= 4 is 16.9 Å². The van der Waals surface area contributed by atoms with Gasteiger partial charge in [-0.15, -0.1) is 0 Å². The van der Waals surface area contributed by atoms with Crippen molar-refractivity contribution in [2.24, 2.45) is 0 Å². The quantitative estimate of drug-likeness (QED) is 0.272. The molecular weight excluding hydrogens is 414 g/mol. The molecule has 0 spiro atoms. The molecule has 0 amide bonds. The fourth-order valence-corrected chi connectivity index (χ4v) is 3.57. The maximum absolute atomic E-state index is 14.1. The van der Waals surface area contributed by atoms with Crippen LogP contribution < -0.4 is 4.74 Å². The van der Waals surface area contributed by atoms with E-state index in [1.165, 1.54) is 6.07 Å². The molecule has 0 bridgehead atoms. The molecule has 2 heterocycles. The number of fused-ring (bicyclic) bond motifs is 2. The summed E-state index contributed by atoms with van der Waals surface area (Å²) < 4.78 is 44.6. The van der Waals surface area contributed by atoms with Crippen molar-refractivity contribution in [3.8, 4) is 28.9 Å². The van der Waals surface area contributed by atoms with Gasteiger partial charge in [-0.3, -0.25) is 0 Å². The lowest BCUT2D eigenvalue weighted by atomic mass is 10.0. The van der Waals surface area contributed by atoms with Crippen LogP contribution >= 0.6 is 0 Å². The van der Waals surface area contributed by atoms with Gasteiger partial charge in [0.15, 0.2) is 5.76 Å². The fraction of sp³-hybridized carbons (Fsp3) is 0.115. The molecule has 1 aromatic heterocycles. The second kappa shape index (κ2) is 7.24. The van der Waals surface area contributed by atoms with Gasteiger partial charge in [0.05, 0.1) is 11.1 Å². The highest BCUT2D eigenvalue weighted by Crippen LogP contribution is 2.40. The van der Waals surface area contributed by atoms with Crippen molar-refractivity contribution in [1.82, 2.24) is 0 Å². The first-order valence-electron chi connectivity index (χ1n) is 9.86. The number of halogens is 2. The SMILES string of the molecule is CC1(C)OC(=O)c2cc3c(C#Cc4ccc(F)cc4F)c(-c4ccccc4)oc3cc2O1. The van der Waals surface area contributed by atoms with Gasteiger partial charge in [-0.2, -0.15) is 0 Å². The number of carbonyl (C=O) groups is 1. The van der Waals surface area contributed by atoms with Crippen molar-refractivity contribution in [2.45, 2.75) is 19.6 Å². The Kier molecular flexibility index (Phi) is 4.49. The Labute approximate surface area is 182 Å². The Morgan fingerprint density at radius 1 is 0.906 bits per heavy atom. The van der Waals surface area contributed by atoms with Crippen LogP contribution in [-0.4, -0.2) is 11.8 Å². The molecule has 0 radical (unpaired) electrons. The predicted octanol–water partition coefficient (Wildman–Crippen LogP) is 6.06. The van der Waals surface area contributed by atoms with Gasteiger partial charge in [0, 0.05) is 36.9 Å². The first-order valence-corrected chi connectivity index (χ1v) is 9.86. The minimum absolute atomic E-state index is 0.0437. The molecule has 32 heavy (non-hydrogen) atoms. The molecule has 0 aliphatic carbocycles. The first kappa shape index (κ1) is 19.8. The molecule has 0 saturated carbocycles. The third kappa shape index (κ3) is 3.48. The summed E-state index contributed by atoms with van der Waals surface area (Å²) in [6.45, 7) is 3.29. The smallest absolute Gasteiger partial charge is 0.345 e. The third-order valence-electron chi connectivity index (χ3n) is 4.99. The second-order valence-corrected chi connectivity index (χ2v) is 7.78. The van der Waals surface area contributed by atoms with E-state index in [9.17, 15) is 13.6 Å². The van der Waals surface area contributed by atoms with E-state index in [0.29, 0.717) is 28.0 Å². The zero-order valence-corrected chi connectivity index (χ0v) is 17.2. The monoisotopic (exact) mass is 430 g/mol. The Balaban J connectivity index is 1.74. The van der Waals surface area contributed by atoms with E-state index in [1.807, 2.05) is 30.3 Å². The van der Waals surface area contributed by atoms with Crippen LogP contribution in [0.5, 0.6) is 5.75 Å². The van der Waals surface area contributed by atoms with Gasteiger partial charge in [0.2, 0.25) is 5.79 Å². The first-order chi connectivity index (χ1) is 15.3. The highest BCUT2D eigenvalue weighted by atomic mass is 19.1. The van der Waals surface area contributed by atoms with E-state index < -0.39 is 23.4 Å². The van der Waals surface area contributed by atoms with Crippen molar-refractivity contribution in [2.75, 3.05) is 0 Å². The van der Waals surface area contributed by atoms with Crippen molar-refractivity contribution in [1.29, 1.82) is 0 Å². The lowest BCUT2D eigenvalue weighted by Crippen LogP contribution is -2.38. The molecule has 158 valence electrons. The predicted molar refractivity (Wildman–Crippen MR) is 114 cm³/mol. The summed E-state index contributed by atoms with van der Waals surface area (Å²) in [6, 6.07) is 15.7. The Bertz CT molecular complexity index is 1440. The Hall–Kier alpha value is -4.11. The van der Waals surface area contributed by atoms with Crippen LogP contribution in [0.15, 0.2) is 65.1 Å². The fourth-order valence-electron chi connectivity index (χ4n) is 3.57. The summed E-state index contributed by atoms with van der Waals surface area (Å²) in [5.74, 6) is 3.44. The van der Waals surface area contributed by atoms with Gasteiger partial charge in [0.1, 0.15) is 28.5 Å². The minimum atomic E-state index is -1.10. The molecule has 6 heteroatoms. The van der Waals surface area contributed by atoms with Gasteiger partial charge in [-0.05, 0) is 18.2 Å². The second-order valence-electron chi connectivity index (χ2n) is 7.78. The number of benzene rings is 3. The molecule has 0 N–H and O–H groups in total. The van der Waals surface area contributed by atoms with Crippen LogP contribution in [0.4, 0.5) is 8.78 Å². The number of rotatable bonds is 1. The van der Waals surface area contributed by atoms with Gasteiger partial charge >= 0.3 is 5.97 Å². The molecule has 0 unspecified atom stereocenters. The number of hydrogen-bond donors (Lipinski definition) is 0. The summed E-state index contributed by atoms with van der Waals surface area (Å²) in [5.41, 5.74) is 1.97. The van der Waals surface area contributed by atoms with E-state index in [1.54, 1.807) is 26.0 Å². The van der Waals surface area contributed by atoms with Crippen molar-refractivity contribution in [3.63, 3.8) is 0 Å². The number of cyclic esters (lactones) is 1. The molecule has 1 aliphatic heterocycles. The number of ether oxygens (including phenoxy) is 2. The normalized spacial score (nSPS) is 14.2. The average molecular weight is 430 g/mol. The molecule has 5 rings (SSSR count). The molecule has 0 saturated heterocycles. The largest absolute Gasteiger partial charge is 0.455 e. The van der Waals surface area contributed by atoms with E-state index in [4.69, 9.17) is 13.9 Å².